The Balaban J connectivity index is 2.40. The van der Waals surface area contributed by atoms with Crippen molar-refractivity contribution in [2.75, 3.05) is 20.3 Å². The highest BCUT2D eigenvalue weighted by Gasteiger charge is 1.89. The first-order valence-electron chi connectivity index (χ1n) is 4.68. The van der Waals surface area contributed by atoms with Gasteiger partial charge in [-0.15, -0.1) is 6.42 Å². The van der Waals surface area contributed by atoms with Crippen LogP contribution in [0.2, 0.25) is 0 Å². The second-order valence-corrected chi connectivity index (χ2v) is 2.89. The van der Waals surface area contributed by atoms with E-state index in [0.29, 0.717) is 13.2 Å². The lowest BCUT2D eigenvalue weighted by Gasteiger charge is -1.99. The van der Waals surface area contributed by atoms with Crippen molar-refractivity contribution >= 4 is 6.08 Å². The van der Waals surface area contributed by atoms with Crippen molar-refractivity contribution in [3.05, 3.63) is 35.9 Å². The Labute approximate surface area is 90.5 Å². The molecule has 0 radical (unpaired) electrons. The number of methoxy groups -OCH3 is 1. The molecule has 0 saturated heterocycles. The molecule has 0 fully saturated rings. The number of benzene rings is 1. The van der Waals surface area contributed by atoms with Crippen molar-refractivity contribution in [3.8, 4) is 18.1 Å². The molecule has 0 atom stereocenters. The van der Waals surface area contributed by atoms with Gasteiger partial charge < -0.3 is 9.47 Å². The summed E-state index contributed by atoms with van der Waals surface area (Å²) in [4.78, 5) is 0. The summed E-state index contributed by atoms with van der Waals surface area (Å²) in [6.45, 7) is 0.892. The lowest BCUT2D eigenvalue weighted by atomic mass is 10.2. The molecule has 1 aromatic rings. The molecule has 0 bridgehead atoms. The quantitative estimate of drug-likeness (QED) is 0.539. The average molecular weight is 202 g/mol. The summed E-state index contributed by atoms with van der Waals surface area (Å²) in [6, 6.07) is 7.80. The molecule has 0 unspecified atom stereocenters. The first kappa shape index (κ1) is 11.4. The van der Waals surface area contributed by atoms with Gasteiger partial charge in [-0.25, -0.2) is 0 Å². The lowest BCUT2D eigenvalue weighted by Crippen LogP contribution is -1.89. The molecular formula is C13H14O2. The first-order valence-corrected chi connectivity index (χ1v) is 4.68. The van der Waals surface area contributed by atoms with E-state index in [9.17, 15) is 0 Å². The second-order valence-electron chi connectivity index (χ2n) is 2.89. The van der Waals surface area contributed by atoms with Gasteiger partial charge in [0, 0.05) is 0 Å². The molecule has 2 heteroatoms. The van der Waals surface area contributed by atoms with Crippen LogP contribution in [0, 0.1) is 12.3 Å². The zero-order chi connectivity index (χ0) is 10.9. The Hall–Kier alpha value is -1.72. The van der Waals surface area contributed by atoms with Crippen molar-refractivity contribution in [2.24, 2.45) is 0 Å². The summed E-state index contributed by atoms with van der Waals surface area (Å²) < 4.78 is 10.2. The van der Waals surface area contributed by atoms with Gasteiger partial charge in [0.25, 0.3) is 0 Å². The smallest absolute Gasteiger partial charge is 0.118 e. The molecule has 1 aromatic carbocycles. The number of rotatable bonds is 5. The Morgan fingerprint density at radius 1 is 1.33 bits per heavy atom. The van der Waals surface area contributed by atoms with Crippen molar-refractivity contribution in [1.82, 2.24) is 0 Å². The average Bonchev–Trinajstić information content (AvgIpc) is 2.30. The van der Waals surface area contributed by atoms with Crippen LogP contribution in [0.15, 0.2) is 30.3 Å². The van der Waals surface area contributed by atoms with Crippen LogP contribution < -0.4 is 4.74 Å². The van der Waals surface area contributed by atoms with Gasteiger partial charge in [0.2, 0.25) is 0 Å². The third-order valence-corrected chi connectivity index (χ3v) is 1.83. The number of hydrogen-bond acceptors (Lipinski definition) is 2. The molecule has 0 spiro atoms. The zero-order valence-electron chi connectivity index (χ0n) is 8.77. The van der Waals surface area contributed by atoms with Crippen LogP contribution in [0.3, 0.4) is 0 Å². The van der Waals surface area contributed by atoms with Crippen molar-refractivity contribution in [2.45, 2.75) is 0 Å². The van der Waals surface area contributed by atoms with E-state index in [0.717, 1.165) is 11.3 Å². The number of terminal acetylenes is 1. The minimum absolute atomic E-state index is 0.354. The molecule has 0 amide bonds. The maximum atomic E-state index is 5.10. The van der Waals surface area contributed by atoms with Crippen LogP contribution in [-0.2, 0) is 4.74 Å². The van der Waals surface area contributed by atoms with E-state index < -0.39 is 0 Å². The Morgan fingerprint density at radius 3 is 2.67 bits per heavy atom. The largest absolute Gasteiger partial charge is 0.497 e. The van der Waals surface area contributed by atoms with E-state index in [4.69, 9.17) is 15.9 Å². The maximum Gasteiger partial charge on any atom is 0.118 e. The zero-order valence-corrected chi connectivity index (χ0v) is 8.77. The van der Waals surface area contributed by atoms with Crippen LogP contribution in [0.5, 0.6) is 5.75 Å². The van der Waals surface area contributed by atoms with Gasteiger partial charge in [0.05, 0.1) is 13.7 Å². The van der Waals surface area contributed by atoms with E-state index in [-0.39, 0.29) is 0 Å². The van der Waals surface area contributed by atoms with Gasteiger partial charge in [-0.2, -0.15) is 0 Å². The summed E-state index contributed by atoms with van der Waals surface area (Å²) >= 11 is 0. The fraction of sp³-hybridized carbons (Fsp3) is 0.231. The van der Waals surface area contributed by atoms with Gasteiger partial charge in [-0.1, -0.05) is 30.2 Å². The van der Waals surface area contributed by atoms with E-state index >= 15 is 0 Å². The topological polar surface area (TPSA) is 18.5 Å². The van der Waals surface area contributed by atoms with Crippen molar-refractivity contribution < 1.29 is 9.47 Å². The number of ether oxygens (including phenoxy) is 2. The summed E-state index contributed by atoms with van der Waals surface area (Å²) in [5.41, 5.74) is 1.11. The third kappa shape index (κ3) is 4.35. The van der Waals surface area contributed by atoms with E-state index in [1.165, 1.54) is 0 Å². The summed E-state index contributed by atoms with van der Waals surface area (Å²) in [5.74, 6) is 3.27. The minimum Gasteiger partial charge on any atom is -0.497 e. The van der Waals surface area contributed by atoms with Crippen molar-refractivity contribution in [3.63, 3.8) is 0 Å². The number of hydrogen-bond donors (Lipinski definition) is 0. The predicted octanol–water partition coefficient (Wildman–Crippen LogP) is 2.36. The molecule has 1 rings (SSSR count). The predicted molar refractivity (Wildman–Crippen MR) is 61.7 cm³/mol. The monoisotopic (exact) mass is 202 g/mol. The fourth-order valence-electron chi connectivity index (χ4n) is 1.09. The van der Waals surface area contributed by atoms with E-state index in [2.05, 4.69) is 5.92 Å². The van der Waals surface area contributed by atoms with Crippen molar-refractivity contribution in [1.29, 1.82) is 0 Å². The molecular weight excluding hydrogens is 188 g/mol. The van der Waals surface area contributed by atoms with Crippen LogP contribution >= 0.6 is 0 Å². The Kier molecular flexibility index (Phi) is 5.07. The normalized spacial score (nSPS) is 10.1. The van der Waals surface area contributed by atoms with Crippen LogP contribution in [0.4, 0.5) is 0 Å². The molecule has 0 saturated carbocycles. The summed E-state index contributed by atoms with van der Waals surface area (Å²) in [6.07, 6.45) is 8.95. The second kappa shape index (κ2) is 6.69. The summed E-state index contributed by atoms with van der Waals surface area (Å²) in [5, 5.41) is 0. The van der Waals surface area contributed by atoms with Crippen LogP contribution in [0.1, 0.15) is 5.56 Å². The molecule has 0 aliphatic heterocycles. The Bertz CT molecular complexity index is 344. The van der Waals surface area contributed by atoms with E-state index in [1.807, 2.05) is 36.4 Å². The molecule has 2 nitrogen and oxygen atoms in total. The lowest BCUT2D eigenvalue weighted by molar-refractivity contribution is 0.200. The molecule has 0 N–H and O–H groups in total. The first-order chi connectivity index (χ1) is 7.36. The summed E-state index contributed by atoms with van der Waals surface area (Å²) in [7, 11) is 1.65. The minimum atomic E-state index is 0.354. The molecule has 0 aliphatic rings. The highest BCUT2D eigenvalue weighted by Crippen LogP contribution is 2.11. The van der Waals surface area contributed by atoms with E-state index in [1.54, 1.807) is 7.11 Å². The molecule has 15 heavy (non-hydrogen) atoms. The van der Waals surface area contributed by atoms with Gasteiger partial charge in [0.1, 0.15) is 12.4 Å². The highest BCUT2D eigenvalue weighted by atomic mass is 16.5. The fourth-order valence-corrected chi connectivity index (χ4v) is 1.09. The molecule has 0 aliphatic carbocycles. The SMILES string of the molecule is C#CCOCC=Cc1ccc(OC)cc1. The Morgan fingerprint density at radius 2 is 2.07 bits per heavy atom. The van der Waals surface area contributed by atoms with Gasteiger partial charge in [-0.3, -0.25) is 0 Å². The van der Waals surface area contributed by atoms with Crippen LogP contribution in [0.25, 0.3) is 6.08 Å². The molecule has 0 heterocycles. The standard InChI is InChI=1S/C13H14O2/c1-3-10-15-11-4-5-12-6-8-13(14-2)9-7-12/h1,4-9H,10-11H2,2H3. The van der Waals surface area contributed by atoms with Gasteiger partial charge in [0.15, 0.2) is 0 Å². The molecule has 0 aromatic heterocycles. The van der Waals surface area contributed by atoms with Gasteiger partial charge in [-0.05, 0) is 17.7 Å². The highest BCUT2D eigenvalue weighted by molar-refractivity contribution is 5.50. The third-order valence-electron chi connectivity index (χ3n) is 1.83. The maximum absolute atomic E-state index is 5.10. The molecule has 78 valence electrons. The van der Waals surface area contributed by atoms with Crippen LogP contribution in [-0.4, -0.2) is 20.3 Å². The van der Waals surface area contributed by atoms with Gasteiger partial charge >= 0.3 is 0 Å².